The smallest absolute Gasteiger partial charge is 0.399 e. The molecule has 0 atom stereocenters. The van der Waals surface area contributed by atoms with Crippen LogP contribution in [0.4, 0.5) is 0 Å². The third-order valence-electron chi connectivity index (χ3n) is 1.73. The molecule has 2 N–H and O–H groups in total. The molecule has 0 saturated carbocycles. The van der Waals surface area contributed by atoms with Gasteiger partial charge in [-0.3, -0.25) is 0 Å². The molecule has 1 aromatic carbocycles. The quantitative estimate of drug-likeness (QED) is 0.748. The first-order valence-electron chi connectivity index (χ1n) is 4.21. The molecule has 0 radical (unpaired) electrons. The van der Waals surface area contributed by atoms with Crippen LogP contribution in [0, 0.1) is 0 Å². The van der Waals surface area contributed by atoms with E-state index >= 15 is 0 Å². The van der Waals surface area contributed by atoms with Crippen molar-refractivity contribution in [3.8, 4) is 6.08 Å². The number of nitrogens with zero attached hydrogens (tertiary/aromatic N) is 1. The predicted molar refractivity (Wildman–Crippen MR) is 52.8 cm³/mol. The van der Waals surface area contributed by atoms with Gasteiger partial charge in [0.15, 0.2) is 5.58 Å². The number of fused-ring (bicyclic) bond motifs is 1. The lowest BCUT2D eigenvalue weighted by molar-refractivity contribution is 0.307. The van der Waals surface area contributed by atoms with E-state index in [9.17, 15) is 0 Å². The zero-order valence-corrected chi connectivity index (χ0v) is 7.56. The van der Waals surface area contributed by atoms with E-state index in [1.165, 1.54) is 0 Å². The Hall–Kier alpha value is -1.81. The first-order valence-corrected chi connectivity index (χ1v) is 4.21. The summed E-state index contributed by atoms with van der Waals surface area (Å²) in [6.07, 6.45) is 0.182. The molecule has 1 aromatic heterocycles. The fourth-order valence-electron chi connectivity index (χ4n) is 1.06. The molecule has 0 aliphatic rings. The minimum atomic E-state index is 0.182. The second-order valence-electron chi connectivity index (χ2n) is 2.79. The minimum Gasteiger partial charge on any atom is -0.415 e. The minimum absolute atomic E-state index is 0.182. The molecule has 2 rings (SSSR count). The number of oxazole rings is 1. The van der Waals surface area contributed by atoms with Crippen molar-refractivity contribution in [2.24, 2.45) is 5.73 Å². The molecule has 0 unspecified atom stereocenters. The van der Waals surface area contributed by atoms with Crippen molar-refractivity contribution in [3.63, 3.8) is 0 Å². The van der Waals surface area contributed by atoms with Gasteiger partial charge < -0.3 is 14.9 Å². The monoisotopic (exact) mass is 190 g/mol. The van der Waals surface area contributed by atoms with E-state index in [-0.39, 0.29) is 12.6 Å². The van der Waals surface area contributed by atoms with Crippen molar-refractivity contribution in [2.75, 3.05) is 6.54 Å². The van der Waals surface area contributed by atoms with Gasteiger partial charge in [-0.2, -0.15) is 4.98 Å². The largest absolute Gasteiger partial charge is 0.415 e. The van der Waals surface area contributed by atoms with E-state index in [1.807, 2.05) is 24.3 Å². The molecular weight excluding hydrogens is 180 g/mol. The van der Waals surface area contributed by atoms with Gasteiger partial charge in [0.2, 0.25) is 0 Å². The van der Waals surface area contributed by atoms with Crippen LogP contribution in [0.3, 0.4) is 0 Å². The first-order chi connectivity index (χ1) is 6.79. The predicted octanol–water partition coefficient (Wildman–Crippen LogP) is 1.68. The van der Waals surface area contributed by atoms with E-state index in [0.29, 0.717) is 11.3 Å². The van der Waals surface area contributed by atoms with Crippen molar-refractivity contribution in [1.82, 2.24) is 4.98 Å². The lowest BCUT2D eigenvalue weighted by Crippen LogP contribution is -2.07. The Labute approximate surface area is 81.0 Å². The highest BCUT2D eigenvalue weighted by Crippen LogP contribution is 2.20. The number of hydrogen-bond acceptors (Lipinski definition) is 4. The number of ether oxygens (including phenoxy) is 1. The maximum Gasteiger partial charge on any atom is 0.399 e. The normalized spacial score (nSPS) is 10.4. The molecule has 4 heteroatoms. The molecule has 1 heterocycles. The lowest BCUT2D eigenvalue weighted by Gasteiger charge is -1.98. The molecule has 14 heavy (non-hydrogen) atoms. The summed E-state index contributed by atoms with van der Waals surface area (Å²) in [6, 6.07) is 7.42. The van der Waals surface area contributed by atoms with Gasteiger partial charge in [0.05, 0.1) is 6.54 Å². The molecule has 0 bridgehead atoms. The molecule has 0 aliphatic carbocycles. The highest BCUT2D eigenvalue weighted by molar-refractivity contribution is 5.72. The fourth-order valence-corrected chi connectivity index (χ4v) is 1.06. The third-order valence-corrected chi connectivity index (χ3v) is 1.73. The van der Waals surface area contributed by atoms with Crippen molar-refractivity contribution in [1.29, 1.82) is 0 Å². The van der Waals surface area contributed by atoms with Gasteiger partial charge in [0, 0.05) is 0 Å². The summed E-state index contributed by atoms with van der Waals surface area (Å²) in [4.78, 5) is 4.10. The topological polar surface area (TPSA) is 61.3 Å². The van der Waals surface area contributed by atoms with Crippen LogP contribution in [0.2, 0.25) is 0 Å². The number of benzene rings is 1. The van der Waals surface area contributed by atoms with Gasteiger partial charge in [0.1, 0.15) is 11.3 Å². The van der Waals surface area contributed by atoms with E-state index in [0.717, 1.165) is 5.52 Å². The number of para-hydroxylation sites is 2. The lowest BCUT2D eigenvalue weighted by atomic mass is 10.3. The summed E-state index contributed by atoms with van der Waals surface area (Å²) in [5.74, 6) is 0.427. The van der Waals surface area contributed by atoms with Crippen molar-refractivity contribution in [2.45, 2.75) is 0 Å². The molecule has 0 spiro atoms. The molecule has 0 aliphatic heterocycles. The van der Waals surface area contributed by atoms with Gasteiger partial charge in [-0.05, 0) is 12.1 Å². The number of hydrogen-bond donors (Lipinski definition) is 1. The second kappa shape index (κ2) is 3.51. The van der Waals surface area contributed by atoms with Crippen molar-refractivity contribution >= 4 is 11.1 Å². The van der Waals surface area contributed by atoms with E-state index in [1.54, 1.807) is 0 Å². The van der Waals surface area contributed by atoms with E-state index < -0.39 is 0 Å². The number of nitrogens with two attached hydrogens (primary N) is 1. The Morgan fingerprint density at radius 3 is 3.00 bits per heavy atom. The van der Waals surface area contributed by atoms with Gasteiger partial charge >= 0.3 is 6.08 Å². The van der Waals surface area contributed by atoms with Gasteiger partial charge in [-0.1, -0.05) is 18.7 Å². The third kappa shape index (κ3) is 1.60. The van der Waals surface area contributed by atoms with Crippen LogP contribution >= 0.6 is 0 Å². The highest BCUT2D eigenvalue weighted by atomic mass is 16.6. The summed E-state index contributed by atoms with van der Waals surface area (Å²) < 4.78 is 10.4. The Morgan fingerprint density at radius 1 is 1.50 bits per heavy atom. The van der Waals surface area contributed by atoms with Crippen LogP contribution in [-0.2, 0) is 0 Å². The van der Waals surface area contributed by atoms with Crippen molar-refractivity contribution < 1.29 is 9.15 Å². The van der Waals surface area contributed by atoms with Crippen LogP contribution < -0.4 is 10.5 Å². The van der Waals surface area contributed by atoms with Crippen LogP contribution in [0.5, 0.6) is 6.08 Å². The molecule has 4 nitrogen and oxygen atoms in total. The molecule has 0 saturated heterocycles. The van der Waals surface area contributed by atoms with Gasteiger partial charge in [-0.15, -0.1) is 0 Å². The van der Waals surface area contributed by atoms with Crippen LogP contribution in [0.15, 0.2) is 41.0 Å². The molecule has 72 valence electrons. The van der Waals surface area contributed by atoms with Gasteiger partial charge in [0.25, 0.3) is 0 Å². The standard InChI is InChI=1S/C10H10N2O2/c1-7(6-11)13-10-12-8-4-2-3-5-9(8)14-10/h2-5H,1,6,11H2. The fraction of sp³-hybridized carbons (Fsp3) is 0.100. The van der Waals surface area contributed by atoms with E-state index in [4.69, 9.17) is 14.9 Å². The molecule has 0 fully saturated rings. The van der Waals surface area contributed by atoms with Crippen LogP contribution in [-0.4, -0.2) is 11.5 Å². The molecule has 2 aromatic rings. The number of aromatic nitrogens is 1. The van der Waals surface area contributed by atoms with Crippen LogP contribution in [0.1, 0.15) is 0 Å². The summed E-state index contributed by atoms with van der Waals surface area (Å²) in [5.41, 5.74) is 6.76. The number of rotatable bonds is 3. The zero-order valence-electron chi connectivity index (χ0n) is 7.56. The molecule has 0 amide bonds. The highest BCUT2D eigenvalue weighted by Gasteiger charge is 2.06. The first kappa shape index (κ1) is 8.77. The summed E-state index contributed by atoms with van der Waals surface area (Å²) in [6.45, 7) is 3.84. The Kier molecular flexibility index (Phi) is 2.20. The maximum absolute atomic E-state index is 5.32. The maximum atomic E-state index is 5.32. The summed E-state index contributed by atoms with van der Waals surface area (Å²) in [5, 5.41) is 0. The van der Waals surface area contributed by atoms with Crippen LogP contribution in [0.25, 0.3) is 11.1 Å². The van der Waals surface area contributed by atoms with Gasteiger partial charge in [-0.25, -0.2) is 0 Å². The summed E-state index contributed by atoms with van der Waals surface area (Å²) in [7, 11) is 0. The zero-order chi connectivity index (χ0) is 9.97. The van der Waals surface area contributed by atoms with E-state index in [2.05, 4.69) is 11.6 Å². The van der Waals surface area contributed by atoms with Crippen molar-refractivity contribution in [3.05, 3.63) is 36.6 Å². The Balaban J connectivity index is 2.31. The molecular formula is C10H10N2O2. The summed E-state index contributed by atoms with van der Waals surface area (Å²) >= 11 is 0. The Bertz CT molecular complexity index is 429. The average molecular weight is 190 g/mol. The SMILES string of the molecule is C=C(CN)Oc1nc2ccccc2o1. The second-order valence-corrected chi connectivity index (χ2v) is 2.79. The Morgan fingerprint density at radius 2 is 2.29 bits per heavy atom. The average Bonchev–Trinajstić information content (AvgIpc) is 2.59.